The van der Waals surface area contributed by atoms with E-state index in [-0.39, 0.29) is 29.7 Å². The summed E-state index contributed by atoms with van der Waals surface area (Å²) >= 11 is 0. The number of carbonyl (C=O) groups is 2. The van der Waals surface area contributed by atoms with Gasteiger partial charge in [0, 0.05) is 25.0 Å². The minimum atomic E-state index is -0.775. The highest BCUT2D eigenvalue weighted by atomic mass is 16.4. The van der Waals surface area contributed by atoms with Crippen molar-refractivity contribution < 1.29 is 14.7 Å². The number of rotatable bonds is 3. The largest absolute Gasteiger partial charge is 0.481 e. The molecule has 2 fully saturated rings. The van der Waals surface area contributed by atoms with E-state index in [9.17, 15) is 9.59 Å². The maximum Gasteiger partial charge on any atom is 0.306 e. The molecule has 1 heterocycles. The first kappa shape index (κ1) is 14.3. The molecular formula is C14H24N2O3. The highest BCUT2D eigenvalue weighted by molar-refractivity contribution is 5.81. The van der Waals surface area contributed by atoms with Gasteiger partial charge >= 0.3 is 5.97 Å². The Bertz CT molecular complexity index is 353. The zero-order valence-corrected chi connectivity index (χ0v) is 11.5. The molecule has 19 heavy (non-hydrogen) atoms. The van der Waals surface area contributed by atoms with Crippen molar-refractivity contribution in [2.75, 3.05) is 13.1 Å². The predicted molar refractivity (Wildman–Crippen MR) is 71.4 cm³/mol. The van der Waals surface area contributed by atoms with Crippen molar-refractivity contribution in [2.45, 2.75) is 45.1 Å². The summed E-state index contributed by atoms with van der Waals surface area (Å²) in [5.74, 6) is -0.953. The number of carbonyl (C=O) groups excluding carboxylic acids is 1. The lowest BCUT2D eigenvalue weighted by molar-refractivity contribution is -0.152. The van der Waals surface area contributed by atoms with Gasteiger partial charge in [-0.15, -0.1) is 0 Å². The van der Waals surface area contributed by atoms with E-state index in [1.54, 1.807) is 11.8 Å². The van der Waals surface area contributed by atoms with E-state index in [4.69, 9.17) is 10.8 Å². The third-order valence-corrected chi connectivity index (χ3v) is 4.70. The van der Waals surface area contributed by atoms with Crippen LogP contribution in [0.3, 0.4) is 0 Å². The fourth-order valence-corrected chi connectivity index (χ4v) is 3.09. The van der Waals surface area contributed by atoms with Gasteiger partial charge in [0.25, 0.3) is 0 Å². The number of nitrogens with zero attached hydrogens (tertiary/aromatic N) is 1. The van der Waals surface area contributed by atoms with Gasteiger partial charge in [-0.05, 0) is 12.8 Å². The molecule has 1 saturated carbocycles. The fraction of sp³-hybridized carbons (Fsp3) is 0.857. The van der Waals surface area contributed by atoms with Gasteiger partial charge in [0.1, 0.15) is 0 Å². The van der Waals surface area contributed by atoms with Crippen LogP contribution in [-0.2, 0) is 9.59 Å². The van der Waals surface area contributed by atoms with Crippen molar-refractivity contribution in [3.05, 3.63) is 0 Å². The number of aliphatic carboxylic acids is 1. The monoisotopic (exact) mass is 268 g/mol. The van der Waals surface area contributed by atoms with Crippen molar-refractivity contribution in [2.24, 2.45) is 23.5 Å². The van der Waals surface area contributed by atoms with Crippen LogP contribution in [0.1, 0.15) is 39.0 Å². The van der Waals surface area contributed by atoms with Gasteiger partial charge in [0.2, 0.25) is 5.91 Å². The molecule has 5 heteroatoms. The van der Waals surface area contributed by atoms with Crippen molar-refractivity contribution in [1.82, 2.24) is 4.90 Å². The normalized spacial score (nSPS) is 30.3. The zero-order valence-electron chi connectivity index (χ0n) is 11.5. The first-order chi connectivity index (χ1) is 9.00. The van der Waals surface area contributed by atoms with E-state index >= 15 is 0 Å². The minimum Gasteiger partial charge on any atom is -0.481 e. The van der Waals surface area contributed by atoms with Gasteiger partial charge in [-0.25, -0.2) is 0 Å². The van der Waals surface area contributed by atoms with Crippen LogP contribution in [0.5, 0.6) is 0 Å². The Balaban J connectivity index is 1.86. The quantitative estimate of drug-likeness (QED) is 0.750. The summed E-state index contributed by atoms with van der Waals surface area (Å²) in [4.78, 5) is 25.1. The van der Waals surface area contributed by atoms with Gasteiger partial charge in [-0.1, -0.05) is 26.2 Å². The summed E-state index contributed by atoms with van der Waals surface area (Å²) < 4.78 is 0. The molecule has 0 spiro atoms. The van der Waals surface area contributed by atoms with Crippen molar-refractivity contribution in [3.63, 3.8) is 0 Å². The maximum absolute atomic E-state index is 12.4. The van der Waals surface area contributed by atoms with Gasteiger partial charge in [-0.2, -0.15) is 0 Å². The molecule has 1 aliphatic carbocycles. The topological polar surface area (TPSA) is 83.6 Å². The zero-order chi connectivity index (χ0) is 14.0. The molecule has 3 N–H and O–H groups in total. The molecule has 3 atom stereocenters. The number of carboxylic acids is 1. The molecule has 108 valence electrons. The van der Waals surface area contributed by atoms with Crippen LogP contribution in [0.2, 0.25) is 0 Å². The SMILES string of the molecule is CC(C(=O)O)C1CN(C(=O)C2CCCCCC2N)C1. The summed E-state index contributed by atoms with van der Waals surface area (Å²) in [5.41, 5.74) is 6.10. The van der Waals surface area contributed by atoms with E-state index in [1.807, 2.05) is 0 Å². The van der Waals surface area contributed by atoms with Crippen LogP contribution < -0.4 is 5.73 Å². The fourth-order valence-electron chi connectivity index (χ4n) is 3.09. The Hall–Kier alpha value is -1.10. The molecule has 0 aromatic rings. The second-order valence-electron chi connectivity index (χ2n) is 6.04. The summed E-state index contributed by atoms with van der Waals surface area (Å²) in [7, 11) is 0. The summed E-state index contributed by atoms with van der Waals surface area (Å²) in [6, 6.07) is -0.0223. The highest BCUT2D eigenvalue weighted by Gasteiger charge is 2.40. The third kappa shape index (κ3) is 3.08. The molecule has 0 radical (unpaired) electrons. The molecule has 5 nitrogen and oxygen atoms in total. The Morgan fingerprint density at radius 3 is 2.47 bits per heavy atom. The Kier molecular flexibility index (Phi) is 4.45. The molecule has 0 aromatic carbocycles. The average Bonchev–Trinajstić information content (AvgIpc) is 2.51. The predicted octanol–water partition coefficient (Wildman–Crippen LogP) is 1.07. The maximum atomic E-state index is 12.4. The minimum absolute atomic E-state index is 0.0223. The van der Waals surface area contributed by atoms with E-state index in [0.29, 0.717) is 13.1 Å². The number of carboxylic acid groups (broad SMARTS) is 1. The summed E-state index contributed by atoms with van der Waals surface area (Å²) in [5, 5.41) is 8.95. The molecule has 1 aliphatic heterocycles. The molecule has 3 unspecified atom stereocenters. The Morgan fingerprint density at radius 1 is 1.21 bits per heavy atom. The summed E-state index contributed by atoms with van der Waals surface area (Å²) in [6.45, 7) is 2.87. The number of nitrogens with two attached hydrogens (primary N) is 1. The second-order valence-corrected chi connectivity index (χ2v) is 6.04. The van der Waals surface area contributed by atoms with Gasteiger partial charge < -0.3 is 15.7 Å². The lowest BCUT2D eigenvalue weighted by Gasteiger charge is -2.43. The lowest BCUT2D eigenvalue weighted by Crippen LogP contribution is -2.56. The molecular weight excluding hydrogens is 244 g/mol. The Morgan fingerprint density at radius 2 is 1.84 bits per heavy atom. The molecule has 0 bridgehead atoms. The van der Waals surface area contributed by atoms with Crippen molar-refractivity contribution >= 4 is 11.9 Å². The van der Waals surface area contributed by atoms with Crippen molar-refractivity contribution in [3.8, 4) is 0 Å². The molecule has 1 amide bonds. The molecule has 2 rings (SSSR count). The van der Waals surface area contributed by atoms with Crippen LogP contribution >= 0.6 is 0 Å². The number of hydrogen-bond donors (Lipinski definition) is 2. The number of hydrogen-bond acceptors (Lipinski definition) is 3. The number of likely N-dealkylation sites (tertiary alicyclic amines) is 1. The van der Waals surface area contributed by atoms with Crippen LogP contribution in [0, 0.1) is 17.8 Å². The first-order valence-corrected chi connectivity index (χ1v) is 7.28. The van der Waals surface area contributed by atoms with Crippen LogP contribution in [-0.4, -0.2) is 41.0 Å². The third-order valence-electron chi connectivity index (χ3n) is 4.70. The van der Waals surface area contributed by atoms with E-state index in [0.717, 1.165) is 32.1 Å². The smallest absolute Gasteiger partial charge is 0.306 e. The van der Waals surface area contributed by atoms with Crippen LogP contribution in [0.4, 0.5) is 0 Å². The first-order valence-electron chi connectivity index (χ1n) is 7.28. The molecule has 0 aromatic heterocycles. The Labute approximate surface area is 114 Å². The van der Waals surface area contributed by atoms with Crippen LogP contribution in [0.25, 0.3) is 0 Å². The molecule has 2 aliphatic rings. The standard InChI is InChI=1S/C14H24N2O3/c1-9(14(18)19)10-7-16(8-10)13(17)11-5-3-2-4-6-12(11)15/h9-12H,2-8,15H2,1H3,(H,18,19). The lowest BCUT2D eigenvalue weighted by atomic mass is 9.84. The number of amides is 1. The highest BCUT2D eigenvalue weighted by Crippen LogP contribution is 2.29. The average molecular weight is 268 g/mol. The van der Waals surface area contributed by atoms with Gasteiger partial charge in [0.15, 0.2) is 0 Å². The summed E-state index contributed by atoms with van der Waals surface area (Å²) in [6.07, 6.45) is 5.17. The van der Waals surface area contributed by atoms with Crippen LogP contribution in [0.15, 0.2) is 0 Å². The second kappa shape index (κ2) is 5.90. The van der Waals surface area contributed by atoms with E-state index in [1.165, 1.54) is 0 Å². The van der Waals surface area contributed by atoms with Gasteiger partial charge in [-0.3, -0.25) is 9.59 Å². The van der Waals surface area contributed by atoms with Gasteiger partial charge in [0.05, 0.1) is 11.8 Å². The van der Waals surface area contributed by atoms with Crippen molar-refractivity contribution in [1.29, 1.82) is 0 Å². The molecule has 1 saturated heterocycles. The van der Waals surface area contributed by atoms with E-state index < -0.39 is 5.97 Å². The van der Waals surface area contributed by atoms with E-state index in [2.05, 4.69) is 0 Å².